The Morgan fingerprint density at radius 3 is 2.67 bits per heavy atom. The molecule has 0 radical (unpaired) electrons. The van der Waals surface area contributed by atoms with Crippen molar-refractivity contribution in [1.82, 2.24) is 4.98 Å². The second-order valence-corrected chi connectivity index (χ2v) is 5.56. The van der Waals surface area contributed by atoms with Crippen LogP contribution in [-0.4, -0.2) is 4.98 Å². The van der Waals surface area contributed by atoms with Gasteiger partial charge >= 0.3 is 0 Å². The summed E-state index contributed by atoms with van der Waals surface area (Å²) in [5.41, 5.74) is 8.36. The van der Waals surface area contributed by atoms with Gasteiger partial charge in [0, 0.05) is 17.1 Å². The van der Waals surface area contributed by atoms with Crippen LogP contribution in [0.25, 0.3) is 10.9 Å². The summed E-state index contributed by atoms with van der Waals surface area (Å²) in [5, 5.41) is 1.02. The first-order chi connectivity index (χ1) is 10.1. The molecular formula is C18H17FN2. The standard InChI is InChI=1S/C18H17FN2/c1-18(20,12-13-6-2-3-9-16(13)19)15-8-4-10-17-14(15)7-5-11-21-17/h2-11H,12,20H2,1H3. The van der Waals surface area contributed by atoms with E-state index in [1.165, 1.54) is 6.07 Å². The van der Waals surface area contributed by atoms with E-state index in [9.17, 15) is 4.39 Å². The lowest BCUT2D eigenvalue weighted by Crippen LogP contribution is -2.36. The summed E-state index contributed by atoms with van der Waals surface area (Å²) in [7, 11) is 0. The molecule has 0 aliphatic rings. The third kappa shape index (κ3) is 2.65. The lowest BCUT2D eigenvalue weighted by atomic mass is 9.84. The fourth-order valence-electron chi connectivity index (χ4n) is 2.73. The van der Waals surface area contributed by atoms with E-state index < -0.39 is 5.54 Å². The number of fused-ring (bicyclic) bond motifs is 1. The molecule has 0 aliphatic heterocycles. The van der Waals surface area contributed by atoms with Crippen molar-refractivity contribution in [2.24, 2.45) is 5.73 Å². The highest BCUT2D eigenvalue weighted by atomic mass is 19.1. The molecule has 0 saturated heterocycles. The molecule has 3 rings (SSSR count). The maximum atomic E-state index is 13.9. The van der Waals surface area contributed by atoms with Gasteiger partial charge < -0.3 is 5.73 Å². The van der Waals surface area contributed by atoms with E-state index in [1.54, 1.807) is 18.3 Å². The third-order valence-corrected chi connectivity index (χ3v) is 3.78. The number of benzene rings is 2. The Kier molecular flexibility index (Phi) is 3.43. The maximum Gasteiger partial charge on any atom is 0.126 e. The van der Waals surface area contributed by atoms with Crippen LogP contribution in [0.15, 0.2) is 60.8 Å². The molecule has 1 unspecified atom stereocenters. The van der Waals surface area contributed by atoms with Gasteiger partial charge in [0.15, 0.2) is 0 Å². The highest BCUT2D eigenvalue weighted by Gasteiger charge is 2.25. The molecule has 1 aromatic heterocycles. The van der Waals surface area contributed by atoms with Crippen LogP contribution < -0.4 is 5.73 Å². The van der Waals surface area contributed by atoms with Crippen LogP contribution in [0.1, 0.15) is 18.1 Å². The van der Waals surface area contributed by atoms with E-state index in [2.05, 4.69) is 4.98 Å². The van der Waals surface area contributed by atoms with Crippen molar-refractivity contribution < 1.29 is 4.39 Å². The molecule has 0 saturated carbocycles. The Morgan fingerprint density at radius 2 is 1.86 bits per heavy atom. The van der Waals surface area contributed by atoms with E-state index in [0.717, 1.165) is 16.5 Å². The number of pyridine rings is 1. The van der Waals surface area contributed by atoms with E-state index in [-0.39, 0.29) is 5.82 Å². The predicted molar refractivity (Wildman–Crippen MR) is 83.4 cm³/mol. The van der Waals surface area contributed by atoms with Crippen molar-refractivity contribution >= 4 is 10.9 Å². The average molecular weight is 280 g/mol. The molecule has 0 bridgehead atoms. The van der Waals surface area contributed by atoms with Crippen LogP contribution in [0, 0.1) is 5.82 Å². The topological polar surface area (TPSA) is 38.9 Å². The summed E-state index contributed by atoms with van der Waals surface area (Å²) >= 11 is 0. The van der Waals surface area contributed by atoms with Crippen LogP contribution in [-0.2, 0) is 12.0 Å². The molecule has 3 heteroatoms. The lowest BCUT2D eigenvalue weighted by Gasteiger charge is -2.27. The Labute approximate surface area is 123 Å². The highest BCUT2D eigenvalue weighted by Crippen LogP contribution is 2.29. The van der Waals surface area contributed by atoms with Crippen LogP contribution in [0.4, 0.5) is 4.39 Å². The number of halogens is 1. The van der Waals surface area contributed by atoms with E-state index >= 15 is 0 Å². The minimum absolute atomic E-state index is 0.215. The Hall–Kier alpha value is -2.26. The fourth-order valence-corrected chi connectivity index (χ4v) is 2.73. The molecule has 1 heterocycles. The fraction of sp³-hybridized carbons (Fsp3) is 0.167. The zero-order valence-corrected chi connectivity index (χ0v) is 11.9. The smallest absolute Gasteiger partial charge is 0.126 e. The molecule has 21 heavy (non-hydrogen) atoms. The van der Waals surface area contributed by atoms with Crippen LogP contribution in [0.3, 0.4) is 0 Å². The summed E-state index contributed by atoms with van der Waals surface area (Å²) in [4.78, 5) is 4.35. The van der Waals surface area contributed by atoms with E-state index in [0.29, 0.717) is 12.0 Å². The summed E-state index contributed by atoms with van der Waals surface area (Å²) in [5.74, 6) is -0.215. The van der Waals surface area contributed by atoms with Gasteiger partial charge in [0.05, 0.1) is 5.52 Å². The van der Waals surface area contributed by atoms with Crippen molar-refractivity contribution in [3.05, 3.63) is 77.7 Å². The average Bonchev–Trinajstić information content (AvgIpc) is 2.49. The molecule has 2 N–H and O–H groups in total. The van der Waals surface area contributed by atoms with Crippen molar-refractivity contribution in [3.63, 3.8) is 0 Å². The van der Waals surface area contributed by atoms with Crippen molar-refractivity contribution in [3.8, 4) is 0 Å². The Bertz CT molecular complexity index is 776. The van der Waals surface area contributed by atoms with Gasteiger partial charge in [0.2, 0.25) is 0 Å². The van der Waals surface area contributed by atoms with Crippen molar-refractivity contribution in [2.75, 3.05) is 0 Å². The SMILES string of the molecule is CC(N)(Cc1ccccc1F)c1cccc2ncccc12. The number of rotatable bonds is 3. The highest BCUT2D eigenvalue weighted by molar-refractivity contribution is 5.83. The molecule has 0 amide bonds. The molecule has 106 valence electrons. The normalized spacial score (nSPS) is 14.0. The number of aromatic nitrogens is 1. The number of nitrogens with two attached hydrogens (primary N) is 1. The largest absolute Gasteiger partial charge is 0.321 e. The molecular weight excluding hydrogens is 263 g/mol. The van der Waals surface area contributed by atoms with Crippen LogP contribution in [0.2, 0.25) is 0 Å². The molecule has 0 fully saturated rings. The monoisotopic (exact) mass is 280 g/mol. The van der Waals surface area contributed by atoms with Crippen LogP contribution in [0.5, 0.6) is 0 Å². The first kappa shape index (κ1) is 13.7. The first-order valence-corrected chi connectivity index (χ1v) is 6.94. The lowest BCUT2D eigenvalue weighted by molar-refractivity contribution is 0.479. The predicted octanol–water partition coefficient (Wildman–Crippen LogP) is 3.79. The molecule has 2 nitrogen and oxygen atoms in total. The van der Waals surface area contributed by atoms with Gasteiger partial charge in [-0.3, -0.25) is 4.98 Å². The third-order valence-electron chi connectivity index (χ3n) is 3.78. The van der Waals surface area contributed by atoms with Gasteiger partial charge in [-0.05, 0) is 42.7 Å². The summed E-state index contributed by atoms with van der Waals surface area (Å²) in [6.07, 6.45) is 2.20. The molecule has 0 spiro atoms. The molecule has 3 aromatic rings. The Morgan fingerprint density at radius 1 is 1.05 bits per heavy atom. The Balaban J connectivity index is 2.06. The van der Waals surface area contributed by atoms with E-state index in [1.807, 2.05) is 43.3 Å². The molecule has 0 aliphatic carbocycles. The zero-order valence-electron chi connectivity index (χ0n) is 11.9. The van der Waals surface area contributed by atoms with Gasteiger partial charge in [-0.2, -0.15) is 0 Å². The summed E-state index contributed by atoms with van der Waals surface area (Å²) in [6.45, 7) is 1.93. The van der Waals surface area contributed by atoms with Gasteiger partial charge in [-0.15, -0.1) is 0 Å². The number of hydrogen-bond acceptors (Lipinski definition) is 2. The molecule has 1 atom stereocenters. The van der Waals surface area contributed by atoms with Crippen molar-refractivity contribution in [1.29, 1.82) is 0 Å². The second kappa shape index (κ2) is 5.26. The van der Waals surface area contributed by atoms with Gasteiger partial charge in [0.25, 0.3) is 0 Å². The molecule has 2 aromatic carbocycles. The first-order valence-electron chi connectivity index (χ1n) is 6.94. The minimum Gasteiger partial charge on any atom is -0.321 e. The maximum absolute atomic E-state index is 13.9. The van der Waals surface area contributed by atoms with Gasteiger partial charge in [0.1, 0.15) is 5.82 Å². The van der Waals surface area contributed by atoms with Crippen LogP contribution >= 0.6 is 0 Å². The number of nitrogens with zero attached hydrogens (tertiary/aromatic N) is 1. The quantitative estimate of drug-likeness (QED) is 0.792. The zero-order chi connectivity index (χ0) is 14.9. The summed E-state index contributed by atoms with van der Waals surface area (Å²) in [6, 6.07) is 16.6. The minimum atomic E-state index is -0.662. The summed E-state index contributed by atoms with van der Waals surface area (Å²) < 4.78 is 13.9. The van der Waals surface area contributed by atoms with Gasteiger partial charge in [-0.1, -0.05) is 36.4 Å². The van der Waals surface area contributed by atoms with E-state index in [4.69, 9.17) is 5.73 Å². The number of hydrogen-bond donors (Lipinski definition) is 1. The van der Waals surface area contributed by atoms with Crippen molar-refractivity contribution in [2.45, 2.75) is 18.9 Å². The second-order valence-electron chi connectivity index (χ2n) is 5.56. The van der Waals surface area contributed by atoms with Gasteiger partial charge in [-0.25, -0.2) is 4.39 Å².